The molecule has 1 unspecified atom stereocenters. The first-order valence-electron chi connectivity index (χ1n) is 5.45. The molecule has 1 heterocycles. The fraction of sp³-hybridized carbons (Fsp3) is 0.727. The van der Waals surface area contributed by atoms with Gasteiger partial charge in [0, 0.05) is 7.05 Å². The Kier molecular flexibility index (Phi) is 1.57. The lowest BCUT2D eigenvalue weighted by Crippen LogP contribution is -2.32. The van der Waals surface area contributed by atoms with Gasteiger partial charge in [0.15, 0.2) is 0 Å². The van der Waals surface area contributed by atoms with Crippen LogP contribution >= 0.6 is 0 Å². The van der Waals surface area contributed by atoms with Crippen LogP contribution in [0.15, 0.2) is 6.20 Å². The van der Waals surface area contributed by atoms with Crippen LogP contribution in [0.25, 0.3) is 0 Å². The fourth-order valence-electron chi connectivity index (χ4n) is 3.02. The first kappa shape index (κ1) is 8.48. The smallest absolute Gasteiger partial charge is 0.0587 e. The van der Waals surface area contributed by atoms with E-state index in [4.69, 9.17) is 0 Å². The van der Waals surface area contributed by atoms with Gasteiger partial charge in [-0.15, -0.1) is 0 Å². The highest BCUT2D eigenvalue weighted by Crippen LogP contribution is 2.60. The first-order chi connectivity index (χ1) is 6.77. The first-order valence-corrected chi connectivity index (χ1v) is 5.45. The van der Waals surface area contributed by atoms with E-state index in [1.165, 1.54) is 36.9 Å². The van der Waals surface area contributed by atoms with Gasteiger partial charge in [-0.1, -0.05) is 0 Å². The number of hydrogen-bond donors (Lipinski definition) is 1. The number of hydrogen-bond acceptors (Lipinski definition) is 2. The van der Waals surface area contributed by atoms with E-state index in [2.05, 4.69) is 29.2 Å². The van der Waals surface area contributed by atoms with Crippen LogP contribution in [0.5, 0.6) is 0 Å². The van der Waals surface area contributed by atoms with Crippen LogP contribution in [0, 0.1) is 5.41 Å². The summed E-state index contributed by atoms with van der Waals surface area (Å²) < 4.78 is 2.05. The van der Waals surface area contributed by atoms with Gasteiger partial charge in [-0.3, -0.25) is 4.68 Å². The molecule has 2 aliphatic carbocycles. The van der Waals surface area contributed by atoms with Gasteiger partial charge in [0.25, 0.3) is 0 Å². The highest BCUT2D eigenvalue weighted by atomic mass is 15.3. The summed E-state index contributed by atoms with van der Waals surface area (Å²) in [6, 6.07) is 0.541. The molecule has 0 saturated heterocycles. The molecule has 0 amide bonds. The number of fused-ring (bicyclic) bond motifs is 1. The third-order valence-corrected chi connectivity index (χ3v) is 4.02. The SMILES string of the molecule is CNC1c2c(cnn2C)CCC12CC2. The van der Waals surface area contributed by atoms with Crippen molar-refractivity contribution in [3.05, 3.63) is 17.5 Å². The molecule has 76 valence electrons. The third kappa shape index (κ3) is 0.934. The van der Waals surface area contributed by atoms with Gasteiger partial charge in [-0.2, -0.15) is 5.10 Å². The van der Waals surface area contributed by atoms with Gasteiger partial charge in [0.2, 0.25) is 0 Å². The maximum absolute atomic E-state index is 4.37. The van der Waals surface area contributed by atoms with Crippen molar-refractivity contribution in [3.63, 3.8) is 0 Å². The van der Waals surface area contributed by atoms with Gasteiger partial charge in [-0.25, -0.2) is 0 Å². The molecule has 0 aromatic carbocycles. The van der Waals surface area contributed by atoms with E-state index < -0.39 is 0 Å². The Labute approximate surface area is 84.5 Å². The molecule has 3 rings (SSSR count). The molecule has 1 N–H and O–H groups in total. The van der Waals surface area contributed by atoms with E-state index >= 15 is 0 Å². The molecule has 1 atom stereocenters. The molecular formula is C11H17N3. The second kappa shape index (κ2) is 2.60. The zero-order chi connectivity index (χ0) is 9.76. The number of aromatic nitrogens is 2. The average molecular weight is 191 g/mol. The summed E-state index contributed by atoms with van der Waals surface area (Å²) in [5, 5.41) is 7.85. The Bertz CT molecular complexity index is 363. The van der Waals surface area contributed by atoms with Crippen molar-refractivity contribution in [1.29, 1.82) is 0 Å². The fourth-order valence-corrected chi connectivity index (χ4v) is 3.02. The zero-order valence-corrected chi connectivity index (χ0v) is 8.88. The number of nitrogens with one attached hydrogen (secondary N) is 1. The lowest BCUT2D eigenvalue weighted by Gasteiger charge is -2.32. The Morgan fingerprint density at radius 1 is 1.50 bits per heavy atom. The maximum Gasteiger partial charge on any atom is 0.0587 e. The van der Waals surface area contributed by atoms with Crippen molar-refractivity contribution in [3.8, 4) is 0 Å². The van der Waals surface area contributed by atoms with Gasteiger partial charge in [0.05, 0.1) is 17.9 Å². The Morgan fingerprint density at radius 2 is 2.29 bits per heavy atom. The molecule has 1 saturated carbocycles. The third-order valence-electron chi connectivity index (χ3n) is 4.02. The van der Waals surface area contributed by atoms with E-state index in [0.717, 1.165) is 0 Å². The lowest BCUT2D eigenvalue weighted by atomic mass is 9.81. The average Bonchev–Trinajstić information content (AvgIpc) is 2.86. The summed E-state index contributed by atoms with van der Waals surface area (Å²) >= 11 is 0. The van der Waals surface area contributed by atoms with Crippen LogP contribution in [-0.4, -0.2) is 16.8 Å². The van der Waals surface area contributed by atoms with Gasteiger partial charge >= 0.3 is 0 Å². The van der Waals surface area contributed by atoms with Crippen LogP contribution in [0.2, 0.25) is 0 Å². The van der Waals surface area contributed by atoms with Crippen LogP contribution in [0.4, 0.5) is 0 Å². The minimum Gasteiger partial charge on any atom is -0.311 e. The van der Waals surface area contributed by atoms with E-state index in [0.29, 0.717) is 11.5 Å². The largest absolute Gasteiger partial charge is 0.311 e. The maximum atomic E-state index is 4.37. The minimum absolute atomic E-state index is 0.541. The van der Waals surface area contributed by atoms with Crippen molar-refractivity contribution in [2.24, 2.45) is 12.5 Å². The van der Waals surface area contributed by atoms with E-state index in [9.17, 15) is 0 Å². The predicted octanol–water partition coefficient (Wildman–Crippen LogP) is 1.41. The van der Waals surface area contributed by atoms with Crippen molar-refractivity contribution in [2.45, 2.75) is 31.7 Å². The lowest BCUT2D eigenvalue weighted by molar-refractivity contribution is 0.298. The Balaban J connectivity index is 2.09. The van der Waals surface area contributed by atoms with Gasteiger partial charge in [0.1, 0.15) is 0 Å². The van der Waals surface area contributed by atoms with Gasteiger partial charge in [-0.05, 0) is 43.7 Å². The Morgan fingerprint density at radius 3 is 2.93 bits per heavy atom. The van der Waals surface area contributed by atoms with E-state index in [1.807, 2.05) is 6.20 Å². The molecular weight excluding hydrogens is 174 g/mol. The monoisotopic (exact) mass is 191 g/mol. The van der Waals surface area contributed by atoms with Crippen LogP contribution in [0.3, 0.4) is 0 Å². The highest BCUT2D eigenvalue weighted by Gasteiger charge is 2.52. The number of nitrogens with zero attached hydrogens (tertiary/aromatic N) is 2. The Hall–Kier alpha value is -0.830. The number of aryl methyl sites for hydroxylation is 2. The summed E-state index contributed by atoms with van der Waals surface area (Å²) in [5.41, 5.74) is 3.45. The second-order valence-electron chi connectivity index (χ2n) is 4.76. The molecule has 1 fully saturated rings. The summed E-state index contributed by atoms with van der Waals surface area (Å²) in [6.45, 7) is 0. The zero-order valence-electron chi connectivity index (χ0n) is 8.88. The summed E-state index contributed by atoms with van der Waals surface area (Å²) in [7, 11) is 4.14. The number of rotatable bonds is 1. The highest BCUT2D eigenvalue weighted by molar-refractivity contribution is 5.30. The summed E-state index contributed by atoms with van der Waals surface area (Å²) in [4.78, 5) is 0. The van der Waals surface area contributed by atoms with Crippen molar-refractivity contribution < 1.29 is 0 Å². The van der Waals surface area contributed by atoms with E-state index in [-0.39, 0.29) is 0 Å². The van der Waals surface area contributed by atoms with Crippen LogP contribution < -0.4 is 5.32 Å². The standard InChI is InChI=1S/C11H17N3/c1-12-10-9-8(7-13-14(9)2)3-4-11(10)5-6-11/h7,10,12H,3-6H2,1-2H3. The molecule has 1 aromatic rings. The normalized spacial score (nSPS) is 27.7. The van der Waals surface area contributed by atoms with Crippen LogP contribution in [0.1, 0.15) is 36.6 Å². The molecule has 0 radical (unpaired) electrons. The molecule has 0 aliphatic heterocycles. The molecule has 0 bridgehead atoms. The minimum atomic E-state index is 0.541. The second-order valence-corrected chi connectivity index (χ2v) is 4.76. The molecule has 1 aromatic heterocycles. The molecule has 3 heteroatoms. The van der Waals surface area contributed by atoms with E-state index in [1.54, 1.807) is 0 Å². The molecule has 14 heavy (non-hydrogen) atoms. The van der Waals surface area contributed by atoms with Gasteiger partial charge < -0.3 is 5.32 Å². The molecule has 3 nitrogen and oxygen atoms in total. The molecule has 2 aliphatic rings. The van der Waals surface area contributed by atoms with Crippen molar-refractivity contribution in [2.75, 3.05) is 7.05 Å². The molecule has 1 spiro atoms. The van der Waals surface area contributed by atoms with Crippen molar-refractivity contribution >= 4 is 0 Å². The van der Waals surface area contributed by atoms with Crippen molar-refractivity contribution in [1.82, 2.24) is 15.1 Å². The topological polar surface area (TPSA) is 29.9 Å². The quantitative estimate of drug-likeness (QED) is 0.727. The van der Waals surface area contributed by atoms with Crippen LogP contribution in [-0.2, 0) is 13.5 Å². The summed E-state index contributed by atoms with van der Waals surface area (Å²) in [5.74, 6) is 0. The summed E-state index contributed by atoms with van der Waals surface area (Å²) in [6.07, 6.45) is 7.39. The predicted molar refractivity (Wildman–Crippen MR) is 55.0 cm³/mol.